The van der Waals surface area contributed by atoms with Crippen LogP contribution in [0.2, 0.25) is 0 Å². The van der Waals surface area contributed by atoms with Crippen LogP contribution in [0.4, 0.5) is 0 Å². The van der Waals surface area contributed by atoms with Gasteiger partial charge in [0.25, 0.3) is 0 Å². The van der Waals surface area contributed by atoms with E-state index in [9.17, 15) is 0 Å². The molecule has 84 valence electrons. The standard InChI is InChI=1S/C13H17N3/c1-8-15-12-4-3-9(7-13(12)16(8)2)10-5-11(14)6-10/h3-4,7,10-11H,5-6,14H2,1-2H3. The van der Waals surface area contributed by atoms with Crippen LogP contribution in [-0.2, 0) is 7.05 Å². The molecule has 0 aliphatic heterocycles. The van der Waals surface area contributed by atoms with Crippen molar-refractivity contribution in [3.05, 3.63) is 29.6 Å². The third kappa shape index (κ3) is 1.35. The number of nitrogens with zero attached hydrogens (tertiary/aromatic N) is 2. The molecule has 0 unspecified atom stereocenters. The minimum Gasteiger partial charge on any atom is -0.331 e. The van der Waals surface area contributed by atoms with E-state index in [0.717, 1.165) is 24.2 Å². The molecular formula is C13H17N3. The number of aryl methyl sites for hydroxylation is 2. The fourth-order valence-corrected chi connectivity index (χ4v) is 2.52. The van der Waals surface area contributed by atoms with Crippen molar-refractivity contribution < 1.29 is 0 Å². The summed E-state index contributed by atoms with van der Waals surface area (Å²) >= 11 is 0. The molecule has 0 bridgehead atoms. The molecule has 1 heterocycles. The number of benzene rings is 1. The van der Waals surface area contributed by atoms with Crippen molar-refractivity contribution in [3.63, 3.8) is 0 Å². The number of rotatable bonds is 1. The normalized spacial score (nSPS) is 24.7. The van der Waals surface area contributed by atoms with Crippen molar-refractivity contribution in [1.29, 1.82) is 0 Å². The lowest BCUT2D eigenvalue weighted by Crippen LogP contribution is -2.34. The Morgan fingerprint density at radius 3 is 2.81 bits per heavy atom. The SMILES string of the molecule is Cc1nc2ccc(C3CC(N)C3)cc2n1C. The van der Waals surface area contributed by atoms with E-state index in [0.29, 0.717) is 12.0 Å². The Kier molecular flexibility index (Phi) is 2.04. The molecule has 2 aromatic rings. The number of fused-ring (bicyclic) bond motifs is 1. The van der Waals surface area contributed by atoms with Crippen LogP contribution in [0.5, 0.6) is 0 Å². The molecule has 1 fully saturated rings. The van der Waals surface area contributed by atoms with E-state index in [4.69, 9.17) is 5.73 Å². The van der Waals surface area contributed by atoms with E-state index in [1.165, 1.54) is 11.1 Å². The van der Waals surface area contributed by atoms with Gasteiger partial charge in [-0.2, -0.15) is 0 Å². The highest BCUT2D eigenvalue weighted by atomic mass is 15.0. The Balaban J connectivity index is 2.05. The first-order chi connectivity index (χ1) is 7.65. The zero-order chi connectivity index (χ0) is 11.3. The largest absolute Gasteiger partial charge is 0.331 e. The van der Waals surface area contributed by atoms with Crippen molar-refractivity contribution in [2.24, 2.45) is 12.8 Å². The first-order valence-corrected chi connectivity index (χ1v) is 5.83. The molecule has 0 saturated heterocycles. The van der Waals surface area contributed by atoms with Crippen molar-refractivity contribution in [2.45, 2.75) is 31.7 Å². The summed E-state index contributed by atoms with van der Waals surface area (Å²) in [5.74, 6) is 1.73. The summed E-state index contributed by atoms with van der Waals surface area (Å²) < 4.78 is 2.15. The molecule has 1 aliphatic carbocycles. The van der Waals surface area contributed by atoms with Crippen molar-refractivity contribution in [3.8, 4) is 0 Å². The van der Waals surface area contributed by atoms with E-state index >= 15 is 0 Å². The van der Waals surface area contributed by atoms with E-state index in [2.05, 4.69) is 34.8 Å². The maximum atomic E-state index is 5.84. The quantitative estimate of drug-likeness (QED) is 0.791. The van der Waals surface area contributed by atoms with Gasteiger partial charge in [0, 0.05) is 13.1 Å². The lowest BCUT2D eigenvalue weighted by Gasteiger charge is -2.32. The van der Waals surface area contributed by atoms with Gasteiger partial charge in [-0.15, -0.1) is 0 Å². The number of nitrogens with two attached hydrogens (primary N) is 1. The third-order valence-electron chi connectivity index (χ3n) is 3.77. The van der Waals surface area contributed by atoms with E-state index in [-0.39, 0.29) is 0 Å². The van der Waals surface area contributed by atoms with Gasteiger partial charge in [-0.1, -0.05) is 6.07 Å². The number of hydrogen-bond donors (Lipinski definition) is 1. The molecule has 0 radical (unpaired) electrons. The average Bonchev–Trinajstić information content (AvgIpc) is 2.51. The Morgan fingerprint density at radius 1 is 1.38 bits per heavy atom. The molecule has 2 N–H and O–H groups in total. The smallest absolute Gasteiger partial charge is 0.106 e. The van der Waals surface area contributed by atoms with Crippen LogP contribution in [-0.4, -0.2) is 15.6 Å². The van der Waals surface area contributed by atoms with Gasteiger partial charge in [-0.05, 0) is 43.4 Å². The Morgan fingerprint density at radius 2 is 2.12 bits per heavy atom. The van der Waals surface area contributed by atoms with Crippen LogP contribution in [0.3, 0.4) is 0 Å². The zero-order valence-corrected chi connectivity index (χ0v) is 9.77. The van der Waals surface area contributed by atoms with Gasteiger partial charge in [-0.25, -0.2) is 4.98 Å². The van der Waals surface area contributed by atoms with Crippen LogP contribution in [0, 0.1) is 6.92 Å². The lowest BCUT2D eigenvalue weighted by molar-refractivity contribution is 0.351. The molecular weight excluding hydrogens is 198 g/mol. The van der Waals surface area contributed by atoms with Crippen LogP contribution >= 0.6 is 0 Å². The molecule has 16 heavy (non-hydrogen) atoms. The van der Waals surface area contributed by atoms with Crippen molar-refractivity contribution in [1.82, 2.24) is 9.55 Å². The number of aromatic nitrogens is 2. The summed E-state index contributed by atoms with van der Waals surface area (Å²) in [7, 11) is 2.07. The minimum atomic E-state index is 0.411. The number of hydrogen-bond acceptors (Lipinski definition) is 2. The molecule has 3 nitrogen and oxygen atoms in total. The van der Waals surface area contributed by atoms with E-state index in [1.54, 1.807) is 0 Å². The van der Waals surface area contributed by atoms with Gasteiger partial charge in [0.05, 0.1) is 11.0 Å². The highest BCUT2D eigenvalue weighted by molar-refractivity contribution is 5.77. The summed E-state index contributed by atoms with van der Waals surface area (Å²) in [6.07, 6.45) is 2.25. The van der Waals surface area contributed by atoms with Crippen molar-refractivity contribution >= 4 is 11.0 Å². The van der Waals surface area contributed by atoms with Crippen LogP contribution < -0.4 is 5.73 Å². The van der Waals surface area contributed by atoms with E-state index in [1.807, 2.05) is 6.92 Å². The summed E-state index contributed by atoms with van der Waals surface area (Å²) in [6.45, 7) is 2.04. The molecule has 3 rings (SSSR count). The molecule has 1 aromatic heterocycles. The van der Waals surface area contributed by atoms with Crippen molar-refractivity contribution in [2.75, 3.05) is 0 Å². The maximum Gasteiger partial charge on any atom is 0.106 e. The second-order valence-corrected chi connectivity index (χ2v) is 4.89. The summed E-state index contributed by atoms with van der Waals surface area (Å²) in [6, 6.07) is 7.01. The summed E-state index contributed by atoms with van der Waals surface area (Å²) in [4.78, 5) is 4.51. The predicted molar refractivity (Wildman–Crippen MR) is 65.4 cm³/mol. The molecule has 0 atom stereocenters. The van der Waals surface area contributed by atoms with Gasteiger partial charge < -0.3 is 10.3 Å². The minimum absolute atomic E-state index is 0.411. The van der Waals surface area contributed by atoms with Gasteiger partial charge in [0.2, 0.25) is 0 Å². The average molecular weight is 215 g/mol. The second-order valence-electron chi connectivity index (χ2n) is 4.89. The third-order valence-corrected chi connectivity index (χ3v) is 3.77. The van der Waals surface area contributed by atoms with Gasteiger partial charge in [-0.3, -0.25) is 0 Å². The Bertz CT molecular complexity index is 535. The van der Waals surface area contributed by atoms with Gasteiger partial charge in [0.1, 0.15) is 5.82 Å². The first-order valence-electron chi connectivity index (χ1n) is 5.83. The fraction of sp³-hybridized carbons (Fsp3) is 0.462. The van der Waals surface area contributed by atoms with Crippen LogP contribution in [0.15, 0.2) is 18.2 Å². The highest BCUT2D eigenvalue weighted by Crippen LogP contribution is 2.36. The Labute approximate surface area is 95.3 Å². The first kappa shape index (κ1) is 9.85. The number of imidazole rings is 1. The summed E-state index contributed by atoms with van der Waals surface area (Å²) in [5.41, 5.74) is 9.57. The molecule has 1 aromatic carbocycles. The summed E-state index contributed by atoms with van der Waals surface area (Å²) in [5, 5.41) is 0. The van der Waals surface area contributed by atoms with E-state index < -0.39 is 0 Å². The van der Waals surface area contributed by atoms with Crippen LogP contribution in [0.25, 0.3) is 11.0 Å². The molecule has 1 aliphatic rings. The fourth-order valence-electron chi connectivity index (χ4n) is 2.52. The maximum absolute atomic E-state index is 5.84. The van der Waals surface area contributed by atoms with Gasteiger partial charge >= 0.3 is 0 Å². The lowest BCUT2D eigenvalue weighted by atomic mass is 9.76. The monoisotopic (exact) mass is 215 g/mol. The second kappa shape index (κ2) is 3.32. The predicted octanol–water partition coefficient (Wildman–Crippen LogP) is 2.09. The Hall–Kier alpha value is -1.35. The highest BCUT2D eigenvalue weighted by Gasteiger charge is 2.27. The van der Waals surface area contributed by atoms with Gasteiger partial charge in [0.15, 0.2) is 0 Å². The topological polar surface area (TPSA) is 43.8 Å². The molecule has 1 saturated carbocycles. The zero-order valence-electron chi connectivity index (χ0n) is 9.77. The molecule has 0 spiro atoms. The molecule has 0 amide bonds. The van der Waals surface area contributed by atoms with Crippen LogP contribution in [0.1, 0.15) is 30.1 Å². The molecule has 3 heteroatoms.